The van der Waals surface area contributed by atoms with E-state index in [9.17, 15) is 0 Å². The number of halogens is 1. The first-order valence-electron chi connectivity index (χ1n) is 9.92. The minimum absolute atomic E-state index is 0.868. The Hall–Kier alpha value is -3.70. The molecule has 31 heavy (non-hydrogen) atoms. The Labute approximate surface area is 188 Å². The molecule has 0 aliphatic carbocycles. The summed E-state index contributed by atoms with van der Waals surface area (Å²) in [6.07, 6.45) is 22.1. The Balaban J connectivity index is 1.50. The molecule has 8 bridgehead atoms. The van der Waals surface area contributed by atoms with Crippen molar-refractivity contribution in [3.8, 4) is 0 Å². The van der Waals surface area contributed by atoms with Crippen LogP contribution in [-0.4, -0.2) is 22.8 Å². The van der Waals surface area contributed by atoms with Gasteiger partial charge < -0.3 is 0 Å². The SMILES string of the molecule is Brc1ccc(C2=CC3=NC2=CC2=NC(=CC4=NC(=CC5=NC(=C3)C=C5)C=C4)C=C2)cc1. The summed E-state index contributed by atoms with van der Waals surface area (Å²) in [5.74, 6) is 0. The minimum atomic E-state index is 0.868. The molecule has 0 saturated carbocycles. The molecule has 0 saturated heterocycles. The fourth-order valence-electron chi connectivity index (χ4n) is 3.76. The number of aliphatic imine (C=N–C) groups is 4. The van der Waals surface area contributed by atoms with Gasteiger partial charge in [-0.2, -0.15) is 0 Å². The molecule has 0 spiro atoms. The van der Waals surface area contributed by atoms with Gasteiger partial charge in [0, 0.05) is 10.0 Å². The average Bonchev–Trinajstić information content (AvgIpc) is 3.54. The lowest BCUT2D eigenvalue weighted by atomic mass is 10.0. The van der Waals surface area contributed by atoms with E-state index in [1.165, 1.54) is 0 Å². The smallest absolute Gasteiger partial charge is 0.0737 e. The summed E-state index contributed by atoms with van der Waals surface area (Å²) in [5.41, 5.74) is 9.18. The number of nitrogens with zero attached hydrogens (tertiary/aromatic N) is 4. The van der Waals surface area contributed by atoms with Gasteiger partial charge in [0.1, 0.15) is 0 Å². The van der Waals surface area contributed by atoms with Crippen LogP contribution in [0.4, 0.5) is 0 Å². The van der Waals surface area contributed by atoms with Crippen molar-refractivity contribution in [3.63, 3.8) is 0 Å². The maximum Gasteiger partial charge on any atom is 0.0737 e. The standard InChI is InChI=1S/C26H15BrN4/c27-17-3-1-16(2-4-17)25-14-24-13-22-8-7-20(29-22)11-18-5-6-19(28-18)12-21-9-10-23(30-21)15-26(25)31-24/h1-15H. The molecule has 1 aromatic rings. The van der Waals surface area contributed by atoms with Crippen molar-refractivity contribution in [2.24, 2.45) is 20.0 Å². The van der Waals surface area contributed by atoms with E-state index in [-0.39, 0.29) is 0 Å². The van der Waals surface area contributed by atoms with Crippen LogP contribution in [0.15, 0.2) is 138 Å². The molecule has 0 atom stereocenters. The van der Waals surface area contributed by atoms with Crippen LogP contribution in [0.3, 0.4) is 0 Å². The lowest BCUT2D eigenvalue weighted by Crippen LogP contribution is -1.90. The third kappa shape index (κ3) is 3.64. The lowest BCUT2D eigenvalue weighted by molar-refractivity contribution is 1.41. The van der Waals surface area contributed by atoms with Crippen molar-refractivity contribution in [2.75, 3.05) is 0 Å². The molecule has 4 nitrogen and oxygen atoms in total. The summed E-state index contributed by atoms with van der Waals surface area (Å²) < 4.78 is 1.05. The predicted octanol–water partition coefficient (Wildman–Crippen LogP) is 5.87. The quantitative estimate of drug-likeness (QED) is 0.501. The lowest BCUT2D eigenvalue weighted by Gasteiger charge is -2.04. The van der Waals surface area contributed by atoms with E-state index in [2.05, 4.69) is 39.1 Å². The number of hydrogen-bond acceptors (Lipinski definition) is 4. The predicted molar refractivity (Wildman–Crippen MR) is 132 cm³/mol. The molecular formula is C26H15BrN4. The third-order valence-electron chi connectivity index (χ3n) is 5.19. The van der Waals surface area contributed by atoms with Crippen LogP contribution in [-0.2, 0) is 0 Å². The van der Waals surface area contributed by atoms with E-state index >= 15 is 0 Å². The molecule has 0 amide bonds. The molecule has 0 unspecified atom stereocenters. The van der Waals surface area contributed by atoms with Crippen LogP contribution in [0.25, 0.3) is 5.57 Å². The summed E-state index contributed by atoms with van der Waals surface area (Å²) in [6, 6.07) is 8.27. The fourth-order valence-corrected chi connectivity index (χ4v) is 4.02. The van der Waals surface area contributed by atoms with Gasteiger partial charge in [0.05, 0.1) is 45.6 Å². The summed E-state index contributed by atoms with van der Waals surface area (Å²) in [7, 11) is 0. The third-order valence-corrected chi connectivity index (χ3v) is 5.72. The summed E-state index contributed by atoms with van der Waals surface area (Å²) in [4.78, 5) is 19.0. The van der Waals surface area contributed by atoms with Crippen LogP contribution in [0.2, 0.25) is 0 Å². The van der Waals surface area contributed by atoms with E-state index < -0.39 is 0 Å². The average molecular weight is 463 g/mol. The minimum Gasteiger partial charge on any atom is -0.249 e. The first kappa shape index (κ1) is 18.1. The van der Waals surface area contributed by atoms with Crippen molar-refractivity contribution in [1.29, 1.82) is 0 Å². The first-order valence-corrected chi connectivity index (χ1v) is 10.7. The van der Waals surface area contributed by atoms with Gasteiger partial charge in [-0.15, -0.1) is 0 Å². The van der Waals surface area contributed by atoms with Gasteiger partial charge in [0.25, 0.3) is 0 Å². The molecular weight excluding hydrogens is 448 g/mol. The molecule has 0 aromatic heterocycles. The van der Waals surface area contributed by atoms with Crippen LogP contribution >= 0.6 is 15.9 Å². The first-order chi connectivity index (χ1) is 15.2. The Kier molecular flexibility index (Phi) is 4.21. The molecule has 0 radical (unpaired) electrons. The molecule has 5 aliphatic rings. The van der Waals surface area contributed by atoms with Crippen molar-refractivity contribution in [1.82, 2.24) is 0 Å². The molecule has 6 rings (SSSR count). The molecule has 5 heteroatoms. The second-order valence-electron chi connectivity index (χ2n) is 7.45. The molecule has 5 heterocycles. The number of benzene rings is 1. The second kappa shape index (κ2) is 7.22. The molecule has 146 valence electrons. The second-order valence-corrected chi connectivity index (χ2v) is 8.36. The molecule has 1 aromatic carbocycles. The van der Waals surface area contributed by atoms with E-state index in [1.807, 2.05) is 72.9 Å². The number of rotatable bonds is 1. The largest absolute Gasteiger partial charge is 0.249 e. The fraction of sp³-hybridized carbons (Fsp3) is 0. The number of hydrogen-bond donors (Lipinski definition) is 0. The van der Waals surface area contributed by atoms with Gasteiger partial charge in [-0.05, 0) is 84.5 Å². The zero-order valence-electron chi connectivity index (χ0n) is 16.3. The molecule has 0 N–H and O–H groups in total. The van der Waals surface area contributed by atoms with Gasteiger partial charge in [0.15, 0.2) is 0 Å². The van der Waals surface area contributed by atoms with Crippen LogP contribution in [0, 0.1) is 0 Å². The van der Waals surface area contributed by atoms with Crippen LogP contribution in [0.1, 0.15) is 5.56 Å². The Morgan fingerprint density at radius 2 is 1.00 bits per heavy atom. The van der Waals surface area contributed by atoms with Crippen molar-refractivity contribution in [2.45, 2.75) is 0 Å². The zero-order chi connectivity index (χ0) is 20.8. The molecule has 0 fully saturated rings. The summed E-state index contributed by atoms with van der Waals surface area (Å²) >= 11 is 3.51. The van der Waals surface area contributed by atoms with Gasteiger partial charge in [-0.1, -0.05) is 28.1 Å². The topological polar surface area (TPSA) is 49.4 Å². The van der Waals surface area contributed by atoms with E-state index in [0.29, 0.717) is 0 Å². The van der Waals surface area contributed by atoms with Crippen LogP contribution < -0.4 is 0 Å². The van der Waals surface area contributed by atoms with E-state index in [1.54, 1.807) is 0 Å². The normalized spacial score (nSPS) is 20.5. The maximum atomic E-state index is 4.88. The van der Waals surface area contributed by atoms with Crippen molar-refractivity contribution >= 4 is 44.3 Å². The van der Waals surface area contributed by atoms with E-state index in [0.717, 1.165) is 61.2 Å². The summed E-state index contributed by atoms with van der Waals surface area (Å²) in [6.45, 7) is 0. The number of allylic oxidation sites excluding steroid dienone is 12. The Bertz CT molecular complexity index is 1400. The van der Waals surface area contributed by atoms with Gasteiger partial charge in [-0.25, -0.2) is 20.0 Å². The van der Waals surface area contributed by atoms with E-state index in [4.69, 9.17) is 15.0 Å². The summed E-state index contributed by atoms with van der Waals surface area (Å²) in [5, 5.41) is 0. The highest BCUT2D eigenvalue weighted by atomic mass is 79.9. The van der Waals surface area contributed by atoms with Gasteiger partial charge in [0.2, 0.25) is 0 Å². The highest BCUT2D eigenvalue weighted by molar-refractivity contribution is 9.10. The zero-order valence-corrected chi connectivity index (χ0v) is 17.9. The highest BCUT2D eigenvalue weighted by Gasteiger charge is 2.18. The maximum absolute atomic E-state index is 4.88. The van der Waals surface area contributed by atoms with Gasteiger partial charge in [-0.3, -0.25) is 0 Å². The van der Waals surface area contributed by atoms with Gasteiger partial charge >= 0.3 is 0 Å². The molecule has 5 aliphatic heterocycles. The van der Waals surface area contributed by atoms with Crippen molar-refractivity contribution in [3.05, 3.63) is 124 Å². The number of fused-ring (bicyclic) bond motifs is 4. The highest BCUT2D eigenvalue weighted by Crippen LogP contribution is 2.31. The monoisotopic (exact) mass is 462 g/mol. The van der Waals surface area contributed by atoms with Crippen molar-refractivity contribution < 1.29 is 0 Å². The van der Waals surface area contributed by atoms with Crippen LogP contribution in [0.5, 0.6) is 0 Å². The Morgan fingerprint density at radius 3 is 1.58 bits per heavy atom. The Morgan fingerprint density at radius 1 is 0.484 bits per heavy atom.